The lowest BCUT2D eigenvalue weighted by atomic mass is 10.2. The third-order valence-corrected chi connectivity index (χ3v) is 4.01. The predicted molar refractivity (Wildman–Crippen MR) is 86.9 cm³/mol. The van der Waals surface area contributed by atoms with Gasteiger partial charge in [0, 0.05) is 6.54 Å². The van der Waals surface area contributed by atoms with Crippen LogP contribution in [-0.4, -0.2) is 29.5 Å². The van der Waals surface area contributed by atoms with E-state index in [-0.39, 0.29) is 12.5 Å². The monoisotopic (exact) mass is 328 g/mol. The van der Waals surface area contributed by atoms with E-state index in [4.69, 9.17) is 9.15 Å². The van der Waals surface area contributed by atoms with E-state index >= 15 is 0 Å². The van der Waals surface area contributed by atoms with Crippen molar-refractivity contribution in [1.29, 1.82) is 0 Å². The van der Waals surface area contributed by atoms with Crippen LogP contribution in [0.15, 0.2) is 53.1 Å². The Morgan fingerprint density at radius 2 is 2.04 bits per heavy atom. The lowest BCUT2D eigenvalue weighted by Crippen LogP contribution is -2.45. The molecule has 3 rings (SSSR count). The molecular weight excluding hydrogens is 308 g/mol. The molecule has 1 atom stereocenters. The van der Waals surface area contributed by atoms with Crippen LogP contribution in [0.25, 0.3) is 0 Å². The van der Waals surface area contributed by atoms with E-state index in [1.807, 2.05) is 30.3 Å². The van der Waals surface area contributed by atoms with E-state index < -0.39 is 12.1 Å². The maximum absolute atomic E-state index is 12.3. The smallest absolute Gasteiger partial charge is 0.410 e. The van der Waals surface area contributed by atoms with Crippen LogP contribution in [0.4, 0.5) is 4.79 Å². The van der Waals surface area contributed by atoms with Crippen molar-refractivity contribution in [1.82, 2.24) is 10.2 Å². The van der Waals surface area contributed by atoms with Crippen LogP contribution in [0.5, 0.6) is 0 Å². The van der Waals surface area contributed by atoms with Crippen molar-refractivity contribution >= 4 is 12.0 Å². The zero-order valence-corrected chi connectivity index (χ0v) is 13.3. The number of hydrogen-bond donors (Lipinski definition) is 1. The highest BCUT2D eigenvalue weighted by molar-refractivity contribution is 5.86. The molecule has 0 spiro atoms. The van der Waals surface area contributed by atoms with Crippen LogP contribution in [-0.2, 0) is 22.7 Å². The summed E-state index contributed by atoms with van der Waals surface area (Å²) in [5.41, 5.74) is 0.920. The quantitative estimate of drug-likeness (QED) is 0.916. The Balaban J connectivity index is 1.52. The Morgan fingerprint density at radius 1 is 1.21 bits per heavy atom. The van der Waals surface area contributed by atoms with Gasteiger partial charge in [-0.1, -0.05) is 30.3 Å². The molecule has 1 unspecified atom stereocenters. The molecular formula is C18H20N2O4. The normalized spacial score (nSPS) is 16.8. The second-order valence-corrected chi connectivity index (χ2v) is 5.69. The molecule has 1 aliphatic heterocycles. The molecule has 24 heavy (non-hydrogen) atoms. The Kier molecular flexibility index (Phi) is 5.15. The number of rotatable bonds is 5. The SMILES string of the molecule is O=C(NCc1ccco1)C1CCCN1C(=O)OCc1ccccc1. The molecule has 6 heteroatoms. The first-order valence-electron chi connectivity index (χ1n) is 8.01. The van der Waals surface area contributed by atoms with Crippen LogP contribution in [0.1, 0.15) is 24.2 Å². The fourth-order valence-electron chi connectivity index (χ4n) is 2.77. The van der Waals surface area contributed by atoms with Crippen LogP contribution in [0.3, 0.4) is 0 Å². The molecule has 6 nitrogen and oxygen atoms in total. The van der Waals surface area contributed by atoms with Crippen molar-refractivity contribution in [2.75, 3.05) is 6.54 Å². The number of likely N-dealkylation sites (tertiary alicyclic amines) is 1. The van der Waals surface area contributed by atoms with Gasteiger partial charge in [0.05, 0.1) is 12.8 Å². The highest BCUT2D eigenvalue weighted by Crippen LogP contribution is 2.19. The van der Waals surface area contributed by atoms with Crippen molar-refractivity contribution in [3.63, 3.8) is 0 Å². The van der Waals surface area contributed by atoms with Gasteiger partial charge in [0.1, 0.15) is 18.4 Å². The molecule has 1 saturated heterocycles. The second-order valence-electron chi connectivity index (χ2n) is 5.69. The first-order valence-corrected chi connectivity index (χ1v) is 8.01. The minimum atomic E-state index is -0.483. The Morgan fingerprint density at radius 3 is 2.79 bits per heavy atom. The highest BCUT2D eigenvalue weighted by atomic mass is 16.6. The van der Waals surface area contributed by atoms with Crippen molar-refractivity contribution in [2.24, 2.45) is 0 Å². The summed E-state index contributed by atoms with van der Waals surface area (Å²) in [6, 6.07) is 12.6. The van der Waals surface area contributed by atoms with E-state index in [1.54, 1.807) is 18.4 Å². The topological polar surface area (TPSA) is 71.8 Å². The minimum absolute atomic E-state index is 0.180. The molecule has 0 radical (unpaired) electrons. The molecule has 2 heterocycles. The van der Waals surface area contributed by atoms with E-state index in [0.29, 0.717) is 25.3 Å². The molecule has 2 aromatic rings. The average molecular weight is 328 g/mol. The third kappa shape index (κ3) is 3.95. The van der Waals surface area contributed by atoms with Crippen LogP contribution < -0.4 is 5.32 Å². The summed E-state index contributed by atoms with van der Waals surface area (Å²) in [7, 11) is 0. The van der Waals surface area contributed by atoms with E-state index in [0.717, 1.165) is 12.0 Å². The predicted octanol–water partition coefficient (Wildman–Crippen LogP) is 2.70. The third-order valence-electron chi connectivity index (χ3n) is 4.01. The fraction of sp³-hybridized carbons (Fsp3) is 0.333. The Labute approximate surface area is 140 Å². The van der Waals surface area contributed by atoms with Gasteiger partial charge in [-0.2, -0.15) is 0 Å². The van der Waals surface area contributed by atoms with Crippen molar-refractivity contribution in [3.05, 3.63) is 60.1 Å². The summed E-state index contributed by atoms with van der Waals surface area (Å²) in [6.07, 6.45) is 2.54. The lowest BCUT2D eigenvalue weighted by Gasteiger charge is -2.23. The number of nitrogens with one attached hydrogen (secondary N) is 1. The van der Waals surface area contributed by atoms with Gasteiger partial charge < -0.3 is 14.5 Å². The summed E-state index contributed by atoms with van der Waals surface area (Å²) in [5.74, 6) is 0.500. The number of hydrogen-bond acceptors (Lipinski definition) is 4. The fourth-order valence-corrected chi connectivity index (χ4v) is 2.77. The number of carbonyl (C=O) groups excluding carboxylic acids is 2. The molecule has 1 N–H and O–H groups in total. The van der Waals surface area contributed by atoms with Crippen molar-refractivity contribution in [2.45, 2.75) is 32.0 Å². The number of ether oxygens (including phenoxy) is 1. The van der Waals surface area contributed by atoms with E-state index in [1.165, 1.54) is 4.90 Å². The number of amides is 2. The van der Waals surface area contributed by atoms with Crippen LogP contribution >= 0.6 is 0 Å². The highest BCUT2D eigenvalue weighted by Gasteiger charge is 2.35. The molecule has 1 aliphatic rings. The molecule has 1 aromatic heterocycles. The number of nitrogens with zero attached hydrogens (tertiary/aromatic N) is 1. The summed E-state index contributed by atoms with van der Waals surface area (Å²) in [6.45, 7) is 1.05. The molecule has 0 aliphatic carbocycles. The molecule has 0 bridgehead atoms. The van der Waals surface area contributed by atoms with Crippen molar-refractivity contribution < 1.29 is 18.7 Å². The van der Waals surface area contributed by atoms with Crippen LogP contribution in [0.2, 0.25) is 0 Å². The van der Waals surface area contributed by atoms with Crippen molar-refractivity contribution in [3.8, 4) is 0 Å². The van der Waals surface area contributed by atoms with Gasteiger partial charge in [0.25, 0.3) is 0 Å². The summed E-state index contributed by atoms with van der Waals surface area (Å²) < 4.78 is 10.5. The Hall–Kier alpha value is -2.76. The van der Waals surface area contributed by atoms with Gasteiger partial charge in [-0.15, -0.1) is 0 Å². The van der Waals surface area contributed by atoms with Gasteiger partial charge in [0.15, 0.2) is 0 Å². The lowest BCUT2D eigenvalue weighted by molar-refractivity contribution is -0.125. The van der Waals surface area contributed by atoms with Gasteiger partial charge in [0.2, 0.25) is 5.91 Å². The minimum Gasteiger partial charge on any atom is -0.467 e. The Bertz CT molecular complexity index is 670. The number of benzene rings is 1. The van der Waals surface area contributed by atoms with Gasteiger partial charge >= 0.3 is 6.09 Å². The van der Waals surface area contributed by atoms with Crippen LogP contribution in [0, 0.1) is 0 Å². The van der Waals surface area contributed by atoms with Gasteiger partial charge in [-0.3, -0.25) is 9.69 Å². The zero-order valence-electron chi connectivity index (χ0n) is 13.3. The first-order chi connectivity index (χ1) is 11.7. The molecule has 1 fully saturated rings. The standard InChI is InChI=1S/C18H20N2O4/c21-17(19-12-15-8-5-11-23-15)16-9-4-10-20(16)18(22)24-13-14-6-2-1-3-7-14/h1-3,5-8,11,16H,4,9-10,12-13H2,(H,19,21). The maximum atomic E-state index is 12.3. The molecule has 126 valence electrons. The van der Waals surface area contributed by atoms with Gasteiger partial charge in [-0.25, -0.2) is 4.79 Å². The number of furan rings is 1. The average Bonchev–Trinajstić information content (AvgIpc) is 3.30. The number of carbonyl (C=O) groups is 2. The van der Waals surface area contributed by atoms with Gasteiger partial charge in [-0.05, 0) is 30.5 Å². The maximum Gasteiger partial charge on any atom is 0.410 e. The first kappa shape index (κ1) is 16.1. The largest absolute Gasteiger partial charge is 0.467 e. The van der Waals surface area contributed by atoms with E-state index in [2.05, 4.69) is 5.32 Å². The summed E-state index contributed by atoms with van der Waals surface area (Å²) >= 11 is 0. The zero-order chi connectivity index (χ0) is 16.8. The summed E-state index contributed by atoms with van der Waals surface area (Å²) in [4.78, 5) is 26.1. The molecule has 0 saturated carbocycles. The molecule has 1 aromatic carbocycles. The molecule has 2 amide bonds. The second kappa shape index (κ2) is 7.68. The van der Waals surface area contributed by atoms with E-state index in [9.17, 15) is 9.59 Å². The summed E-state index contributed by atoms with van der Waals surface area (Å²) in [5, 5.41) is 2.80.